The van der Waals surface area contributed by atoms with Crippen molar-refractivity contribution in [1.82, 2.24) is 20.1 Å². The number of aryl methyl sites for hydroxylation is 1. The van der Waals surface area contributed by atoms with E-state index in [1.807, 2.05) is 0 Å². The van der Waals surface area contributed by atoms with E-state index in [-0.39, 0.29) is 51.9 Å². The first-order valence-corrected chi connectivity index (χ1v) is 15.3. The van der Waals surface area contributed by atoms with Crippen molar-refractivity contribution in [1.29, 1.82) is 0 Å². The summed E-state index contributed by atoms with van der Waals surface area (Å²) in [5.41, 5.74) is -3.26. The first-order valence-electron chi connectivity index (χ1n) is 12.9. The van der Waals surface area contributed by atoms with Gasteiger partial charge in [0.25, 0.3) is 11.8 Å². The summed E-state index contributed by atoms with van der Waals surface area (Å²) in [5.74, 6) is -4.02. The van der Waals surface area contributed by atoms with Crippen LogP contribution in [0.15, 0.2) is 12.3 Å². The molecule has 3 rings (SSSR count). The molecule has 0 aliphatic heterocycles. The predicted molar refractivity (Wildman–Crippen MR) is 142 cm³/mol. The molecule has 14 heteroatoms. The summed E-state index contributed by atoms with van der Waals surface area (Å²) >= 11 is 6.52. The van der Waals surface area contributed by atoms with Crippen molar-refractivity contribution in [3.8, 4) is 11.3 Å². The number of alkyl halides is 5. The van der Waals surface area contributed by atoms with Gasteiger partial charge in [-0.3, -0.25) is 14.5 Å². The predicted octanol–water partition coefficient (Wildman–Crippen LogP) is 6.19. The number of hydrogen-bond donors (Lipinski definition) is 1. The molecule has 40 heavy (non-hydrogen) atoms. The van der Waals surface area contributed by atoms with Crippen molar-refractivity contribution in [2.45, 2.75) is 83.7 Å². The minimum Gasteiger partial charge on any atom is -0.350 e. The normalized spacial score (nSPS) is 19.1. The van der Waals surface area contributed by atoms with Crippen molar-refractivity contribution in [3.63, 3.8) is 0 Å². The number of carbonyl (C=O) groups is 1. The molecular formula is C26H34ClF5N4O3S. The van der Waals surface area contributed by atoms with Crippen molar-refractivity contribution in [2.24, 2.45) is 11.3 Å². The summed E-state index contributed by atoms with van der Waals surface area (Å²) < 4.78 is 94.6. The van der Waals surface area contributed by atoms with Crippen LogP contribution in [-0.4, -0.2) is 53.3 Å². The molecule has 0 aromatic carbocycles. The largest absolute Gasteiger partial charge is 0.394 e. The number of pyridine rings is 1. The SMILES string of the molecule is CCn1nc(C(=O)NCC2CCC(S(C)(=O)=O)CC2)c(Cl)c1-c1cnc(CC(C)(C)C(F)(F)F)cc1C(C)(F)F. The van der Waals surface area contributed by atoms with E-state index in [0.717, 1.165) is 26.1 Å². The third-order valence-electron chi connectivity index (χ3n) is 7.44. The molecule has 0 spiro atoms. The van der Waals surface area contributed by atoms with Crippen LogP contribution < -0.4 is 5.32 Å². The summed E-state index contributed by atoms with van der Waals surface area (Å²) in [6.07, 6.45) is -0.655. The van der Waals surface area contributed by atoms with E-state index in [4.69, 9.17) is 11.6 Å². The summed E-state index contributed by atoms with van der Waals surface area (Å²) in [6.45, 7) is 4.66. The van der Waals surface area contributed by atoms with Gasteiger partial charge in [-0.05, 0) is 44.6 Å². The van der Waals surface area contributed by atoms with Crippen LogP contribution in [0.2, 0.25) is 5.02 Å². The lowest BCUT2D eigenvalue weighted by Crippen LogP contribution is -2.34. The van der Waals surface area contributed by atoms with Crippen LogP contribution in [0.4, 0.5) is 22.0 Å². The van der Waals surface area contributed by atoms with E-state index >= 15 is 0 Å². The number of halogens is 6. The average molecular weight is 613 g/mol. The molecule has 1 saturated carbocycles. The van der Waals surface area contributed by atoms with Crippen LogP contribution >= 0.6 is 11.6 Å². The molecule has 1 aliphatic carbocycles. The fraction of sp³-hybridized carbons (Fsp3) is 0.654. The molecular weight excluding hydrogens is 579 g/mol. The minimum atomic E-state index is -4.57. The van der Waals surface area contributed by atoms with Gasteiger partial charge in [0, 0.05) is 55.7 Å². The van der Waals surface area contributed by atoms with E-state index in [1.54, 1.807) is 6.92 Å². The van der Waals surface area contributed by atoms with Crippen molar-refractivity contribution < 1.29 is 35.2 Å². The molecule has 224 valence electrons. The lowest BCUT2D eigenvalue weighted by molar-refractivity contribution is -0.211. The molecule has 1 fully saturated rings. The fourth-order valence-corrected chi connectivity index (χ4v) is 6.31. The van der Waals surface area contributed by atoms with Gasteiger partial charge in [-0.2, -0.15) is 18.3 Å². The van der Waals surface area contributed by atoms with Crippen LogP contribution in [0, 0.1) is 11.3 Å². The smallest absolute Gasteiger partial charge is 0.350 e. The Bertz CT molecular complexity index is 1350. The second kappa shape index (κ2) is 11.5. The number of nitrogens with one attached hydrogen (secondary N) is 1. The summed E-state index contributed by atoms with van der Waals surface area (Å²) in [4.78, 5) is 17.0. The molecule has 0 radical (unpaired) electrons. The first-order chi connectivity index (χ1) is 18.3. The maximum Gasteiger partial charge on any atom is 0.394 e. The quantitative estimate of drug-likeness (QED) is 0.341. The van der Waals surface area contributed by atoms with Crippen LogP contribution in [0.25, 0.3) is 11.3 Å². The number of aromatic nitrogens is 3. The Balaban J connectivity index is 1.89. The number of rotatable bonds is 9. The Labute approximate surface area is 235 Å². The molecule has 1 N–H and O–H groups in total. The lowest BCUT2D eigenvalue weighted by atomic mass is 9.86. The molecule has 1 amide bonds. The van der Waals surface area contributed by atoms with Gasteiger partial charge in [0.15, 0.2) is 5.69 Å². The van der Waals surface area contributed by atoms with Gasteiger partial charge in [0.05, 0.1) is 21.4 Å². The molecule has 0 saturated heterocycles. The highest BCUT2D eigenvalue weighted by Crippen LogP contribution is 2.43. The summed E-state index contributed by atoms with van der Waals surface area (Å²) in [7, 11) is -3.12. The summed E-state index contributed by atoms with van der Waals surface area (Å²) in [5, 5.41) is 6.40. The number of sulfone groups is 1. The van der Waals surface area contributed by atoms with Crippen molar-refractivity contribution >= 4 is 27.3 Å². The Kier molecular flexibility index (Phi) is 9.30. The molecule has 0 bridgehead atoms. The monoisotopic (exact) mass is 612 g/mol. The topological polar surface area (TPSA) is 94.0 Å². The lowest BCUT2D eigenvalue weighted by Gasteiger charge is -2.28. The molecule has 2 aromatic heterocycles. The van der Waals surface area contributed by atoms with Gasteiger partial charge in [-0.25, -0.2) is 17.2 Å². The zero-order valence-corrected chi connectivity index (χ0v) is 24.6. The van der Waals surface area contributed by atoms with E-state index in [0.29, 0.717) is 32.6 Å². The fourth-order valence-electron chi connectivity index (χ4n) is 4.86. The van der Waals surface area contributed by atoms with Crippen LogP contribution in [0.5, 0.6) is 0 Å². The van der Waals surface area contributed by atoms with Gasteiger partial charge >= 0.3 is 6.18 Å². The molecule has 1 aliphatic rings. The highest BCUT2D eigenvalue weighted by molar-refractivity contribution is 7.91. The van der Waals surface area contributed by atoms with Gasteiger partial charge in [0.2, 0.25) is 0 Å². The molecule has 2 heterocycles. The maximum absolute atomic E-state index is 14.8. The first kappa shape index (κ1) is 32.2. The van der Waals surface area contributed by atoms with E-state index in [9.17, 15) is 35.2 Å². The standard InChI is InChI=1S/C26H34ClF5N4O3S/c1-6-36-22(18-14-33-16(11-19(18)25(4,28)29)12-24(2,3)26(30,31)32)20(27)21(35-36)23(37)34-13-15-7-9-17(10-8-15)40(5,38)39/h11,14-15,17H,6-10,12-13H2,1-5H3,(H,34,37). The zero-order valence-electron chi connectivity index (χ0n) is 23.0. The summed E-state index contributed by atoms with van der Waals surface area (Å²) in [6, 6.07) is 0.943. The van der Waals surface area contributed by atoms with E-state index in [2.05, 4.69) is 15.4 Å². The molecule has 2 aromatic rings. The Morgan fingerprint density at radius 3 is 2.23 bits per heavy atom. The molecule has 0 unspecified atom stereocenters. The third kappa shape index (κ3) is 7.13. The molecule has 7 nitrogen and oxygen atoms in total. The van der Waals surface area contributed by atoms with Crippen LogP contribution in [0.1, 0.15) is 75.1 Å². The van der Waals surface area contributed by atoms with Gasteiger partial charge in [-0.1, -0.05) is 25.4 Å². The number of nitrogens with zero attached hydrogens (tertiary/aromatic N) is 3. The zero-order chi connectivity index (χ0) is 30.3. The Hall–Kier alpha value is -2.28. The Morgan fingerprint density at radius 2 is 1.73 bits per heavy atom. The highest BCUT2D eigenvalue weighted by atomic mass is 35.5. The van der Waals surface area contributed by atoms with Crippen LogP contribution in [0.3, 0.4) is 0 Å². The van der Waals surface area contributed by atoms with Crippen LogP contribution in [-0.2, 0) is 28.7 Å². The number of carbonyl (C=O) groups excluding carboxylic acids is 1. The number of hydrogen-bond acceptors (Lipinski definition) is 5. The highest BCUT2D eigenvalue weighted by Gasteiger charge is 2.47. The van der Waals surface area contributed by atoms with Gasteiger partial charge in [0.1, 0.15) is 9.84 Å². The Morgan fingerprint density at radius 1 is 1.12 bits per heavy atom. The van der Waals surface area contributed by atoms with Crippen molar-refractivity contribution in [2.75, 3.05) is 12.8 Å². The van der Waals surface area contributed by atoms with Gasteiger partial charge in [-0.15, -0.1) is 0 Å². The van der Waals surface area contributed by atoms with E-state index < -0.39 is 45.2 Å². The molecule has 0 atom stereocenters. The van der Waals surface area contributed by atoms with Gasteiger partial charge < -0.3 is 5.32 Å². The third-order valence-corrected chi connectivity index (χ3v) is 9.48. The van der Waals surface area contributed by atoms with E-state index in [1.165, 1.54) is 10.9 Å². The van der Waals surface area contributed by atoms with Crippen molar-refractivity contribution in [3.05, 3.63) is 34.2 Å². The maximum atomic E-state index is 14.8. The second-order valence-corrected chi connectivity index (χ2v) is 13.9. The minimum absolute atomic E-state index is 0.00799. The number of amides is 1. The second-order valence-electron chi connectivity index (χ2n) is 11.2. The average Bonchev–Trinajstić information content (AvgIpc) is 3.17.